The van der Waals surface area contributed by atoms with Crippen LogP contribution in [0.25, 0.3) is 0 Å². The van der Waals surface area contributed by atoms with Crippen molar-refractivity contribution in [3.05, 3.63) is 24.3 Å². The molecule has 1 aromatic carbocycles. The Bertz CT molecular complexity index is 781. The average Bonchev–Trinajstić information content (AvgIpc) is 2.52. The number of nitrogens with one attached hydrogen (secondary N) is 3. The van der Waals surface area contributed by atoms with E-state index in [9.17, 15) is 16.8 Å². The molecule has 0 saturated carbocycles. The highest BCUT2D eigenvalue weighted by molar-refractivity contribution is 7.90. The maximum Gasteiger partial charge on any atom is 0.240 e. The second-order valence-electron chi connectivity index (χ2n) is 7.80. The van der Waals surface area contributed by atoms with Crippen LogP contribution in [0.15, 0.2) is 29.2 Å². The molecule has 1 rings (SSSR count). The monoisotopic (exact) mass is 419 g/mol. The van der Waals surface area contributed by atoms with Crippen LogP contribution in [0.3, 0.4) is 0 Å². The molecule has 0 aliphatic carbocycles. The Kier molecular flexibility index (Phi) is 8.72. The predicted octanol–water partition coefficient (Wildman–Crippen LogP) is 2.67. The van der Waals surface area contributed by atoms with Gasteiger partial charge in [-0.05, 0) is 71.7 Å². The van der Waals surface area contributed by atoms with E-state index in [1.807, 2.05) is 0 Å². The SMILES string of the molecule is CC(C)NS(=O)(=O)c1ccc(NCCCCCNS(=O)(=O)C(C)(C)C)cc1. The maximum absolute atomic E-state index is 12.1. The lowest BCUT2D eigenvalue weighted by Gasteiger charge is -2.19. The van der Waals surface area contributed by atoms with Crippen LogP contribution in [-0.2, 0) is 20.0 Å². The normalized spacial score (nSPS) is 13.1. The van der Waals surface area contributed by atoms with Crippen molar-refractivity contribution in [1.29, 1.82) is 0 Å². The predicted molar refractivity (Wildman–Crippen MR) is 111 cm³/mol. The van der Waals surface area contributed by atoms with Crippen LogP contribution in [0.2, 0.25) is 0 Å². The van der Waals surface area contributed by atoms with Crippen LogP contribution in [0.5, 0.6) is 0 Å². The zero-order valence-electron chi connectivity index (χ0n) is 16.9. The van der Waals surface area contributed by atoms with Gasteiger partial charge in [0.15, 0.2) is 0 Å². The smallest absolute Gasteiger partial charge is 0.240 e. The van der Waals surface area contributed by atoms with E-state index >= 15 is 0 Å². The van der Waals surface area contributed by atoms with Crippen LogP contribution in [-0.4, -0.2) is 40.7 Å². The number of anilines is 1. The molecule has 0 unspecified atom stereocenters. The third-order valence-electron chi connectivity index (χ3n) is 3.84. The van der Waals surface area contributed by atoms with Crippen molar-refractivity contribution in [2.24, 2.45) is 0 Å². The van der Waals surface area contributed by atoms with E-state index in [1.54, 1.807) is 58.9 Å². The summed E-state index contributed by atoms with van der Waals surface area (Å²) < 4.78 is 52.3. The molecule has 0 radical (unpaired) electrons. The molecular weight excluding hydrogens is 386 g/mol. The minimum atomic E-state index is -3.47. The Hall–Kier alpha value is -1.16. The highest BCUT2D eigenvalue weighted by Crippen LogP contribution is 2.15. The minimum absolute atomic E-state index is 0.152. The van der Waals surface area contributed by atoms with E-state index in [0.29, 0.717) is 6.54 Å². The molecule has 0 amide bonds. The van der Waals surface area contributed by atoms with Gasteiger partial charge in [0.05, 0.1) is 9.64 Å². The van der Waals surface area contributed by atoms with E-state index in [0.717, 1.165) is 31.5 Å². The summed E-state index contributed by atoms with van der Waals surface area (Å²) in [6.45, 7) is 9.76. The van der Waals surface area contributed by atoms with E-state index in [4.69, 9.17) is 0 Å². The minimum Gasteiger partial charge on any atom is -0.385 e. The molecule has 0 aliphatic heterocycles. The number of sulfonamides is 2. The van der Waals surface area contributed by atoms with Crippen LogP contribution in [0.4, 0.5) is 5.69 Å². The molecule has 1 aromatic rings. The van der Waals surface area contributed by atoms with Gasteiger partial charge in [0.1, 0.15) is 0 Å². The zero-order valence-corrected chi connectivity index (χ0v) is 18.5. The van der Waals surface area contributed by atoms with Gasteiger partial charge in [-0.2, -0.15) is 0 Å². The topological polar surface area (TPSA) is 104 Å². The second-order valence-corrected chi connectivity index (χ2v) is 12.0. The fraction of sp³-hybridized carbons (Fsp3) is 0.667. The highest BCUT2D eigenvalue weighted by Gasteiger charge is 2.27. The van der Waals surface area contributed by atoms with Crippen LogP contribution in [0, 0.1) is 0 Å². The van der Waals surface area contributed by atoms with Crippen molar-refractivity contribution in [3.8, 4) is 0 Å². The molecule has 0 aliphatic rings. The Balaban J connectivity index is 2.32. The molecule has 156 valence electrons. The summed E-state index contributed by atoms with van der Waals surface area (Å²) in [6, 6.07) is 6.49. The highest BCUT2D eigenvalue weighted by atomic mass is 32.2. The first-order valence-corrected chi connectivity index (χ1v) is 12.2. The van der Waals surface area contributed by atoms with Gasteiger partial charge in [0, 0.05) is 24.8 Å². The molecule has 3 N–H and O–H groups in total. The molecule has 7 nitrogen and oxygen atoms in total. The summed E-state index contributed by atoms with van der Waals surface area (Å²) in [7, 11) is -6.75. The van der Waals surface area contributed by atoms with Crippen molar-refractivity contribution in [3.63, 3.8) is 0 Å². The van der Waals surface area contributed by atoms with Gasteiger partial charge in [-0.25, -0.2) is 26.3 Å². The van der Waals surface area contributed by atoms with Crippen molar-refractivity contribution in [2.45, 2.75) is 69.6 Å². The van der Waals surface area contributed by atoms with Gasteiger partial charge < -0.3 is 5.32 Å². The number of benzene rings is 1. The molecule has 0 saturated heterocycles. The standard InChI is InChI=1S/C18H33N3O4S2/c1-15(2)21-26(22,23)17-11-9-16(10-12-17)19-13-7-6-8-14-20-27(24,25)18(3,4)5/h9-12,15,19-21H,6-8,13-14H2,1-5H3. The maximum atomic E-state index is 12.1. The van der Waals surface area contributed by atoms with Crippen LogP contribution >= 0.6 is 0 Å². The van der Waals surface area contributed by atoms with E-state index in [-0.39, 0.29) is 10.9 Å². The second kappa shape index (κ2) is 9.86. The number of rotatable bonds is 11. The Morgan fingerprint density at radius 1 is 0.889 bits per heavy atom. The molecule has 0 fully saturated rings. The summed E-state index contributed by atoms with van der Waals surface area (Å²) in [6.07, 6.45) is 2.56. The Morgan fingerprint density at radius 3 is 1.96 bits per heavy atom. The Labute approximate surface area is 164 Å². The Morgan fingerprint density at radius 2 is 1.44 bits per heavy atom. The first-order chi connectivity index (χ1) is 12.3. The van der Waals surface area contributed by atoms with Gasteiger partial charge in [-0.1, -0.05) is 6.42 Å². The van der Waals surface area contributed by atoms with Gasteiger partial charge in [0.25, 0.3) is 0 Å². The molecule has 27 heavy (non-hydrogen) atoms. The van der Waals surface area contributed by atoms with Crippen molar-refractivity contribution in [2.75, 3.05) is 18.4 Å². The van der Waals surface area contributed by atoms with Crippen molar-refractivity contribution >= 4 is 25.7 Å². The van der Waals surface area contributed by atoms with E-state index < -0.39 is 24.8 Å². The number of unbranched alkanes of at least 4 members (excludes halogenated alkanes) is 2. The van der Waals surface area contributed by atoms with Gasteiger partial charge >= 0.3 is 0 Å². The van der Waals surface area contributed by atoms with Gasteiger partial charge in [-0.3, -0.25) is 0 Å². The van der Waals surface area contributed by atoms with E-state index in [1.165, 1.54) is 0 Å². The summed E-state index contributed by atoms with van der Waals surface area (Å²) in [5, 5.41) is 3.24. The third-order valence-corrected chi connectivity index (χ3v) is 7.71. The van der Waals surface area contributed by atoms with Crippen molar-refractivity contribution < 1.29 is 16.8 Å². The lowest BCUT2D eigenvalue weighted by molar-refractivity contribution is 0.540. The summed E-state index contributed by atoms with van der Waals surface area (Å²) in [4.78, 5) is 0.243. The molecular formula is C18H33N3O4S2. The largest absolute Gasteiger partial charge is 0.385 e. The van der Waals surface area contributed by atoms with E-state index in [2.05, 4.69) is 14.8 Å². The fourth-order valence-electron chi connectivity index (χ4n) is 2.21. The molecule has 0 atom stereocenters. The lowest BCUT2D eigenvalue weighted by Crippen LogP contribution is -2.39. The van der Waals surface area contributed by atoms with Gasteiger partial charge in [0.2, 0.25) is 20.0 Å². The number of hydrogen-bond acceptors (Lipinski definition) is 5. The first kappa shape index (κ1) is 23.9. The molecule has 0 spiro atoms. The first-order valence-electron chi connectivity index (χ1n) is 9.21. The summed E-state index contributed by atoms with van der Waals surface area (Å²) in [5.74, 6) is 0. The molecule has 9 heteroatoms. The molecule has 0 heterocycles. The third kappa shape index (κ3) is 8.16. The molecule has 0 bridgehead atoms. The molecule has 0 aromatic heterocycles. The van der Waals surface area contributed by atoms with Crippen molar-refractivity contribution in [1.82, 2.24) is 9.44 Å². The van der Waals surface area contributed by atoms with Gasteiger partial charge in [-0.15, -0.1) is 0 Å². The number of hydrogen-bond donors (Lipinski definition) is 3. The summed E-state index contributed by atoms with van der Waals surface area (Å²) >= 11 is 0. The van der Waals surface area contributed by atoms with Crippen LogP contribution in [0.1, 0.15) is 53.9 Å². The average molecular weight is 420 g/mol. The summed E-state index contributed by atoms with van der Waals surface area (Å²) in [5.41, 5.74) is 0.854. The van der Waals surface area contributed by atoms with Crippen LogP contribution < -0.4 is 14.8 Å². The zero-order chi connectivity index (χ0) is 20.7. The lowest BCUT2D eigenvalue weighted by atomic mass is 10.2. The quantitative estimate of drug-likeness (QED) is 0.478. The fourth-order valence-corrected chi connectivity index (χ4v) is 4.31.